The lowest BCUT2D eigenvalue weighted by atomic mass is 10.1. The summed E-state index contributed by atoms with van der Waals surface area (Å²) in [6.45, 7) is 4.94. The van der Waals surface area contributed by atoms with Gasteiger partial charge in [-0.1, -0.05) is 5.16 Å². The monoisotopic (exact) mass is 338 g/mol. The van der Waals surface area contributed by atoms with Crippen molar-refractivity contribution in [3.8, 4) is 6.07 Å². The second kappa shape index (κ2) is 6.81. The molecule has 4 rings (SSSR count). The van der Waals surface area contributed by atoms with Crippen LogP contribution in [0.5, 0.6) is 0 Å². The number of anilines is 1. The molecule has 130 valence electrons. The molecule has 2 aromatic heterocycles. The van der Waals surface area contributed by atoms with Gasteiger partial charge in [-0.15, -0.1) is 0 Å². The largest absolute Gasteiger partial charge is 0.369 e. The molecule has 3 heterocycles. The van der Waals surface area contributed by atoms with Gasteiger partial charge in [-0.2, -0.15) is 10.2 Å². The number of hydrogen-bond donors (Lipinski definition) is 1. The molecule has 2 aromatic rings. The molecule has 1 saturated carbocycles. The number of pyridine rings is 1. The van der Waals surface area contributed by atoms with Gasteiger partial charge in [-0.25, -0.2) is 4.98 Å². The summed E-state index contributed by atoms with van der Waals surface area (Å²) in [4.78, 5) is 11.2. The highest BCUT2D eigenvalue weighted by Crippen LogP contribution is 2.39. The van der Waals surface area contributed by atoms with Crippen molar-refractivity contribution >= 4 is 5.82 Å². The van der Waals surface area contributed by atoms with Crippen LogP contribution in [0.1, 0.15) is 55.4 Å². The maximum absolute atomic E-state index is 9.14. The SMILES string of the molecule is C[C@H](c1nc(C2CC2)no1)N1CC[C@@H](CNc2ncccc2C#N)C1. The Morgan fingerprint density at radius 1 is 1.44 bits per heavy atom. The van der Waals surface area contributed by atoms with Gasteiger partial charge in [-0.3, -0.25) is 4.90 Å². The molecule has 7 heteroatoms. The van der Waals surface area contributed by atoms with Crippen molar-refractivity contribution in [3.05, 3.63) is 35.6 Å². The quantitative estimate of drug-likeness (QED) is 0.866. The first-order chi connectivity index (χ1) is 12.2. The van der Waals surface area contributed by atoms with E-state index in [9.17, 15) is 0 Å². The first-order valence-electron chi connectivity index (χ1n) is 8.91. The normalized spacial score (nSPS) is 21.8. The summed E-state index contributed by atoms with van der Waals surface area (Å²) in [6, 6.07) is 5.88. The summed E-state index contributed by atoms with van der Waals surface area (Å²) < 4.78 is 5.47. The van der Waals surface area contributed by atoms with Gasteiger partial charge in [0.25, 0.3) is 0 Å². The Kier molecular flexibility index (Phi) is 4.36. The number of nitrogens with one attached hydrogen (secondary N) is 1. The predicted molar refractivity (Wildman–Crippen MR) is 91.8 cm³/mol. The van der Waals surface area contributed by atoms with Crippen LogP contribution in [0.25, 0.3) is 0 Å². The molecule has 25 heavy (non-hydrogen) atoms. The molecule has 1 saturated heterocycles. The van der Waals surface area contributed by atoms with Crippen molar-refractivity contribution < 1.29 is 4.52 Å². The number of likely N-dealkylation sites (tertiary alicyclic amines) is 1. The van der Waals surface area contributed by atoms with Gasteiger partial charge in [0, 0.05) is 25.2 Å². The highest BCUT2D eigenvalue weighted by molar-refractivity contribution is 5.51. The van der Waals surface area contributed by atoms with Crippen LogP contribution in [-0.4, -0.2) is 39.7 Å². The van der Waals surface area contributed by atoms with E-state index in [0.29, 0.717) is 23.2 Å². The Morgan fingerprint density at radius 3 is 3.12 bits per heavy atom. The van der Waals surface area contributed by atoms with Crippen molar-refractivity contribution in [1.82, 2.24) is 20.0 Å². The summed E-state index contributed by atoms with van der Waals surface area (Å²) >= 11 is 0. The van der Waals surface area contributed by atoms with Crippen LogP contribution in [0.2, 0.25) is 0 Å². The first kappa shape index (κ1) is 16.0. The number of hydrogen-bond acceptors (Lipinski definition) is 7. The van der Waals surface area contributed by atoms with Crippen molar-refractivity contribution in [2.45, 2.75) is 38.1 Å². The lowest BCUT2D eigenvalue weighted by Gasteiger charge is -2.21. The van der Waals surface area contributed by atoms with E-state index in [1.54, 1.807) is 18.3 Å². The molecule has 2 aliphatic rings. The second-order valence-corrected chi connectivity index (χ2v) is 6.98. The Bertz CT molecular complexity index is 778. The Labute approximate surface area is 147 Å². The van der Waals surface area contributed by atoms with Crippen molar-refractivity contribution in [2.75, 3.05) is 25.0 Å². The molecule has 0 radical (unpaired) electrons. The highest BCUT2D eigenvalue weighted by Gasteiger charge is 2.33. The Morgan fingerprint density at radius 2 is 2.32 bits per heavy atom. The molecule has 0 bridgehead atoms. The lowest BCUT2D eigenvalue weighted by molar-refractivity contribution is 0.203. The van der Waals surface area contributed by atoms with Crippen molar-refractivity contribution in [3.63, 3.8) is 0 Å². The van der Waals surface area contributed by atoms with E-state index in [0.717, 1.165) is 37.8 Å². The van der Waals surface area contributed by atoms with E-state index in [1.807, 2.05) is 0 Å². The van der Waals surface area contributed by atoms with E-state index >= 15 is 0 Å². The van der Waals surface area contributed by atoms with Crippen molar-refractivity contribution in [2.24, 2.45) is 5.92 Å². The van der Waals surface area contributed by atoms with E-state index in [-0.39, 0.29) is 6.04 Å². The third-order valence-electron chi connectivity index (χ3n) is 5.11. The third kappa shape index (κ3) is 3.49. The molecule has 0 spiro atoms. The fraction of sp³-hybridized carbons (Fsp3) is 0.556. The van der Waals surface area contributed by atoms with Crippen LogP contribution in [0, 0.1) is 17.2 Å². The molecule has 0 unspecified atom stereocenters. The topological polar surface area (TPSA) is 90.9 Å². The zero-order valence-electron chi connectivity index (χ0n) is 14.4. The number of rotatable bonds is 6. The molecular weight excluding hydrogens is 316 g/mol. The van der Waals surface area contributed by atoms with Gasteiger partial charge in [0.15, 0.2) is 5.82 Å². The van der Waals surface area contributed by atoms with E-state index in [1.165, 1.54) is 12.8 Å². The Hall–Kier alpha value is -2.46. The van der Waals surface area contributed by atoms with Gasteiger partial charge in [-0.05, 0) is 50.8 Å². The van der Waals surface area contributed by atoms with Crippen LogP contribution in [0.15, 0.2) is 22.9 Å². The van der Waals surface area contributed by atoms with E-state index < -0.39 is 0 Å². The molecule has 7 nitrogen and oxygen atoms in total. The fourth-order valence-corrected chi connectivity index (χ4v) is 3.34. The molecule has 1 aliphatic heterocycles. The summed E-state index contributed by atoms with van der Waals surface area (Å²) in [5.41, 5.74) is 0.587. The van der Waals surface area contributed by atoms with E-state index in [2.05, 4.69) is 38.3 Å². The van der Waals surface area contributed by atoms with Gasteiger partial charge < -0.3 is 9.84 Å². The average Bonchev–Trinajstić information content (AvgIpc) is 3.19. The highest BCUT2D eigenvalue weighted by atomic mass is 16.5. The minimum absolute atomic E-state index is 0.148. The Balaban J connectivity index is 1.32. The summed E-state index contributed by atoms with van der Waals surface area (Å²) in [7, 11) is 0. The van der Waals surface area contributed by atoms with Gasteiger partial charge in [0.1, 0.15) is 11.9 Å². The van der Waals surface area contributed by atoms with Crippen LogP contribution >= 0.6 is 0 Å². The minimum Gasteiger partial charge on any atom is -0.369 e. The van der Waals surface area contributed by atoms with Crippen LogP contribution in [0.3, 0.4) is 0 Å². The van der Waals surface area contributed by atoms with Gasteiger partial charge in [0.2, 0.25) is 5.89 Å². The molecule has 2 atom stereocenters. The van der Waals surface area contributed by atoms with Gasteiger partial charge in [0.05, 0.1) is 11.6 Å². The zero-order chi connectivity index (χ0) is 17.2. The molecule has 2 fully saturated rings. The molecule has 0 amide bonds. The van der Waals surface area contributed by atoms with E-state index in [4.69, 9.17) is 9.78 Å². The summed E-state index contributed by atoms with van der Waals surface area (Å²) in [5.74, 6) is 3.31. The molecular formula is C18H22N6O. The number of nitriles is 1. The first-order valence-corrected chi connectivity index (χ1v) is 8.91. The minimum atomic E-state index is 0.148. The summed E-state index contributed by atoms with van der Waals surface area (Å²) in [5, 5.41) is 16.6. The van der Waals surface area contributed by atoms with Crippen molar-refractivity contribution in [1.29, 1.82) is 5.26 Å². The third-order valence-corrected chi connectivity index (χ3v) is 5.11. The van der Waals surface area contributed by atoms with Crippen LogP contribution in [0.4, 0.5) is 5.82 Å². The second-order valence-electron chi connectivity index (χ2n) is 6.98. The maximum Gasteiger partial charge on any atom is 0.243 e. The number of aromatic nitrogens is 3. The molecule has 1 N–H and O–H groups in total. The van der Waals surface area contributed by atoms with Crippen LogP contribution < -0.4 is 5.32 Å². The smallest absolute Gasteiger partial charge is 0.243 e. The standard InChI is InChI=1S/C18H22N6O/c1-12(18-22-17(23-25-18)14-4-5-14)24-8-6-13(11-24)10-21-16-15(9-19)3-2-7-20-16/h2-3,7,12-14H,4-6,8,10-11H2,1H3,(H,20,21)/t12-,13+/m1/s1. The van der Waals surface area contributed by atoms with Crippen LogP contribution in [-0.2, 0) is 0 Å². The molecule has 1 aliphatic carbocycles. The predicted octanol–water partition coefficient (Wildman–Crippen LogP) is 2.71. The zero-order valence-corrected chi connectivity index (χ0v) is 14.4. The maximum atomic E-state index is 9.14. The number of nitrogens with zero attached hydrogens (tertiary/aromatic N) is 5. The summed E-state index contributed by atoms with van der Waals surface area (Å²) in [6.07, 6.45) is 5.18. The fourth-order valence-electron chi connectivity index (χ4n) is 3.34. The lowest BCUT2D eigenvalue weighted by Crippen LogP contribution is -2.26. The molecule has 0 aromatic carbocycles. The average molecular weight is 338 g/mol. The van der Waals surface area contributed by atoms with Gasteiger partial charge >= 0.3 is 0 Å².